The summed E-state index contributed by atoms with van der Waals surface area (Å²) in [5, 5.41) is 16.6. The van der Waals surface area contributed by atoms with E-state index in [2.05, 4.69) is 31.2 Å². The van der Waals surface area contributed by atoms with E-state index >= 15 is 0 Å². The number of hydrogen-bond donors (Lipinski definition) is 2. The molecule has 0 radical (unpaired) electrons. The third-order valence-electron chi connectivity index (χ3n) is 3.87. The zero-order valence-electron chi connectivity index (χ0n) is 14.1. The Balaban J connectivity index is 2.01. The number of halogens is 1. The van der Waals surface area contributed by atoms with E-state index in [1.165, 1.54) is 4.68 Å². The van der Waals surface area contributed by atoms with E-state index < -0.39 is 11.9 Å². The Bertz CT molecular complexity index is 1060. The van der Waals surface area contributed by atoms with Crippen molar-refractivity contribution in [3.63, 3.8) is 0 Å². The van der Waals surface area contributed by atoms with Crippen LogP contribution in [0.5, 0.6) is 0 Å². The molecule has 1 aromatic heterocycles. The maximum Gasteiger partial charge on any atom is 0.341 e. The molecule has 1 amide bonds. The minimum Gasteiger partial charge on any atom is -0.477 e. The molecule has 0 saturated carbocycles. The normalized spacial score (nSPS) is 10.3. The first kappa shape index (κ1) is 18.4. The molecular formula is C19H13BrN4O3. The minimum atomic E-state index is -1.21. The lowest BCUT2D eigenvalue weighted by molar-refractivity contribution is 0.0699. The quantitative estimate of drug-likeness (QED) is 0.609. The van der Waals surface area contributed by atoms with Crippen molar-refractivity contribution in [2.45, 2.75) is 0 Å². The summed E-state index contributed by atoms with van der Waals surface area (Å²) in [7, 11) is 1.56. The van der Waals surface area contributed by atoms with Crippen LogP contribution in [0.4, 0.5) is 11.5 Å². The number of carbonyl (C=O) groups excluding carboxylic acids is 1. The van der Waals surface area contributed by atoms with Gasteiger partial charge in [0, 0.05) is 22.6 Å². The summed E-state index contributed by atoms with van der Waals surface area (Å²) >= 11 is 3.30. The molecule has 27 heavy (non-hydrogen) atoms. The van der Waals surface area contributed by atoms with Crippen molar-refractivity contribution in [1.82, 2.24) is 9.78 Å². The van der Waals surface area contributed by atoms with E-state index in [-0.39, 0.29) is 17.1 Å². The number of carboxylic acid groups (broad SMARTS) is 1. The standard InChI is InChI=1S/C19H13BrN4O3/c1-21-14-9-5-11(6-10-14)16-15(19(26)27)17(24(2)23-16)22-18(25)12-3-7-13(20)8-4-12/h3-10H,2H3,(H,22,25)(H,26,27). The molecule has 2 aromatic carbocycles. The first-order valence-corrected chi connectivity index (χ1v) is 8.55. The Morgan fingerprint density at radius 1 is 1.15 bits per heavy atom. The van der Waals surface area contributed by atoms with Crippen LogP contribution in [-0.2, 0) is 7.05 Å². The van der Waals surface area contributed by atoms with Crippen molar-refractivity contribution in [1.29, 1.82) is 0 Å². The third kappa shape index (κ3) is 3.73. The van der Waals surface area contributed by atoms with Crippen LogP contribution in [0.15, 0.2) is 53.0 Å². The van der Waals surface area contributed by atoms with E-state index in [4.69, 9.17) is 6.57 Å². The molecule has 3 aromatic rings. The maximum absolute atomic E-state index is 12.5. The van der Waals surface area contributed by atoms with Gasteiger partial charge in [-0.25, -0.2) is 9.64 Å². The van der Waals surface area contributed by atoms with Crippen LogP contribution in [0.1, 0.15) is 20.7 Å². The van der Waals surface area contributed by atoms with Gasteiger partial charge in [0.05, 0.1) is 6.57 Å². The molecule has 134 valence electrons. The van der Waals surface area contributed by atoms with Crippen molar-refractivity contribution >= 4 is 39.3 Å². The van der Waals surface area contributed by atoms with Crippen LogP contribution in [0.3, 0.4) is 0 Å². The Morgan fingerprint density at radius 3 is 2.33 bits per heavy atom. The van der Waals surface area contributed by atoms with Crippen molar-refractivity contribution in [3.8, 4) is 11.3 Å². The topological polar surface area (TPSA) is 88.6 Å². The van der Waals surface area contributed by atoms with Gasteiger partial charge in [0.1, 0.15) is 17.1 Å². The van der Waals surface area contributed by atoms with Gasteiger partial charge in [-0.05, 0) is 24.3 Å². The molecule has 0 fully saturated rings. The Morgan fingerprint density at radius 2 is 1.78 bits per heavy atom. The predicted octanol–water partition coefficient (Wildman–Crippen LogP) is 4.35. The summed E-state index contributed by atoms with van der Waals surface area (Å²) in [6.45, 7) is 7.00. The summed E-state index contributed by atoms with van der Waals surface area (Å²) in [5.74, 6) is -1.57. The van der Waals surface area contributed by atoms with Crippen LogP contribution in [0.25, 0.3) is 16.1 Å². The predicted molar refractivity (Wildman–Crippen MR) is 104 cm³/mol. The second kappa shape index (κ2) is 7.43. The average Bonchev–Trinajstić information content (AvgIpc) is 2.99. The monoisotopic (exact) mass is 424 g/mol. The summed E-state index contributed by atoms with van der Waals surface area (Å²) < 4.78 is 2.15. The van der Waals surface area contributed by atoms with Crippen molar-refractivity contribution in [2.75, 3.05) is 5.32 Å². The molecule has 0 unspecified atom stereocenters. The van der Waals surface area contributed by atoms with Gasteiger partial charge >= 0.3 is 5.97 Å². The second-order valence-electron chi connectivity index (χ2n) is 5.62. The molecule has 0 saturated heterocycles. The van der Waals surface area contributed by atoms with Crippen LogP contribution in [0, 0.1) is 6.57 Å². The number of nitrogens with zero attached hydrogens (tertiary/aromatic N) is 3. The van der Waals surface area contributed by atoms with E-state index in [0.29, 0.717) is 16.8 Å². The maximum atomic E-state index is 12.5. The van der Waals surface area contributed by atoms with E-state index in [1.54, 1.807) is 55.6 Å². The van der Waals surface area contributed by atoms with E-state index in [1.807, 2.05) is 0 Å². The Labute approximate surface area is 163 Å². The summed E-state index contributed by atoms with van der Waals surface area (Å²) in [6, 6.07) is 13.1. The summed E-state index contributed by atoms with van der Waals surface area (Å²) in [4.78, 5) is 27.7. The molecule has 1 heterocycles. The number of carboxylic acids is 1. The Kier molecular flexibility index (Phi) is 5.05. The van der Waals surface area contributed by atoms with Gasteiger partial charge in [-0.2, -0.15) is 5.10 Å². The summed E-state index contributed by atoms with van der Waals surface area (Å²) in [6.07, 6.45) is 0. The number of nitrogens with one attached hydrogen (secondary N) is 1. The number of hydrogen-bond acceptors (Lipinski definition) is 3. The van der Waals surface area contributed by atoms with Crippen molar-refractivity contribution in [3.05, 3.63) is 75.5 Å². The van der Waals surface area contributed by atoms with Crippen molar-refractivity contribution < 1.29 is 14.7 Å². The number of benzene rings is 2. The van der Waals surface area contributed by atoms with Gasteiger partial charge in [0.2, 0.25) is 0 Å². The van der Waals surface area contributed by atoms with Gasteiger partial charge < -0.3 is 10.4 Å². The number of aryl methyl sites for hydroxylation is 1. The molecular weight excluding hydrogens is 412 g/mol. The highest BCUT2D eigenvalue weighted by Crippen LogP contribution is 2.30. The van der Waals surface area contributed by atoms with Crippen LogP contribution in [0.2, 0.25) is 0 Å². The zero-order chi connectivity index (χ0) is 19.6. The highest BCUT2D eigenvalue weighted by Gasteiger charge is 2.25. The minimum absolute atomic E-state index is 0.0830. The molecule has 0 aliphatic carbocycles. The lowest BCUT2D eigenvalue weighted by atomic mass is 10.1. The highest BCUT2D eigenvalue weighted by molar-refractivity contribution is 9.10. The largest absolute Gasteiger partial charge is 0.477 e. The first-order valence-electron chi connectivity index (χ1n) is 7.76. The van der Waals surface area contributed by atoms with E-state index in [0.717, 1.165) is 4.47 Å². The summed E-state index contributed by atoms with van der Waals surface area (Å²) in [5.41, 5.74) is 1.47. The van der Waals surface area contributed by atoms with Gasteiger partial charge in [-0.1, -0.05) is 40.2 Å². The van der Waals surface area contributed by atoms with E-state index in [9.17, 15) is 14.7 Å². The van der Waals surface area contributed by atoms with Gasteiger partial charge in [0.25, 0.3) is 5.91 Å². The van der Waals surface area contributed by atoms with Gasteiger partial charge in [-0.3, -0.25) is 9.48 Å². The number of anilines is 1. The lowest BCUT2D eigenvalue weighted by Gasteiger charge is -2.07. The lowest BCUT2D eigenvalue weighted by Crippen LogP contribution is -2.16. The molecule has 0 aliphatic rings. The molecule has 8 heteroatoms. The molecule has 0 spiro atoms. The molecule has 0 bridgehead atoms. The highest BCUT2D eigenvalue weighted by atomic mass is 79.9. The number of amides is 1. The first-order chi connectivity index (χ1) is 12.9. The smallest absolute Gasteiger partial charge is 0.341 e. The Hall–Kier alpha value is -3.44. The molecule has 2 N–H and O–H groups in total. The van der Waals surface area contributed by atoms with Crippen LogP contribution >= 0.6 is 15.9 Å². The van der Waals surface area contributed by atoms with Crippen molar-refractivity contribution in [2.24, 2.45) is 7.05 Å². The van der Waals surface area contributed by atoms with Crippen LogP contribution in [-0.4, -0.2) is 26.8 Å². The van der Waals surface area contributed by atoms with Gasteiger partial charge in [0.15, 0.2) is 5.69 Å². The number of rotatable bonds is 4. The van der Waals surface area contributed by atoms with Crippen LogP contribution < -0.4 is 5.32 Å². The fourth-order valence-electron chi connectivity index (χ4n) is 2.55. The molecule has 0 atom stereocenters. The fourth-order valence-corrected chi connectivity index (χ4v) is 2.81. The number of carbonyl (C=O) groups is 2. The molecule has 0 aliphatic heterocycles. The fraction of sp³-hybridized carbons (Fsp3) is 0.0526. The molecule has 3 rings (SSSR count). The SMILES string of the molecule is [C-]#[N+]c1ccc(-c2nn(C)c(NC(=O)c3ccc(Br)cc3)c2C(=O)O)cc1. The molecule has 7 nitrogen and oxygen atoms in total. The third-order valence-corrected chi connectivity index (χ3v) is 4.40. The zero-order valence-corrected chi connectivity index (χ0v) is 15.7. The van der Waals surface area contributed by atoms with Gasteiger partial charge in [-0.15, -0.1) is 0 Å². The average molecular weight is 425 g/mol. The number of aromatic nitrogens is 2. The number of aromatic carboxylic acids is 1. The second-order valence-corrected chi connectivity index (χ2v) is 6.54.